The van der Waals surface area contributed by atoms with Crippen molar-refractivity contribution in [2.75, 3.05) is 26.2 Å². The van der Waals surface area contributed by atoms with Gasteiger partial charge in [-0.3, -0.25) is 0 Å². The van der Waals surface area contributed by atoms with E-state index in [9.17, 15) is 0 Å². The summed E-state index contributed by atoms with van der Waals surface area (Å²) < 4.78 is 9.94. The molecule has 3 N–H and O–H groups in total. The summed E-state index contributed by atoms with van der Waals surface area (Å²) in [5.41, 5.74) is 5.47. The Hall–Kier alpha value is -2.32. The fourth-order valence-corrected chi connectivity index (χ4v) is 1.35. The summed E-state index contributed by atoms with van der Waals surface area (Å²) in [5, 5.41) is 11.5. The smallest absolute Gasteiger partial charge is 0.324 e. The van der Waals surface area contributed by atoms with Crippen LogP contribution in [0.1, 0.15) is 13.3 Å². The molecular formula is C10H18N6O3. The molecule has 0 bridgehead atoms. The standard InChI is InChI=1S/C10H18N6O3/c1-6(5-7(11)15-17)16(2)8-12-9(18-3)14-10(13-8)19-4/h6,17H,5H2,1-4H3,(H2,11,15). The van der Waals surface area contributed by atoms with Crippen molar-refractivity contribution in [2.24, 2.45) is 10.9 Å². The monoisotopic (exact) mass is 270 g/mol. The van der Waals surface area contributed by atoms with E-state index in [2.05, 4.69) is 20.1 Å². The molecule has 106 valence electrons. The van der Waals surface area contributed by atoms with E-state index in [1.807, 2.05) is 6.92 Å². The minimum absolute atomic E-state index is 0.0762. The number of nitrogens with two attached hydrogens (primary N) is 1. The highest BCUT2D eigenvalue weighted by atomic mass is 16.5. The number of methoxy groups -OCH3 is 2. The van der Waals surface area contributed by atoms with Crippen LogP contribution in [0.2, 0.25) is 0 Å². The van der Waals surface area contributed by atoms with Crippen LogP contribution in [-0.4, -0.2) is 53.3 Å². The number of rotatable bonds is 6. The first-order valence-corrected chi connectivity index (χ1v) is 5.55. The van der Waals surface area contributed by atoms with Gasteiger partial charge in [0.15, 0.2) is 0 Å². The van der Waals surface area contributed by atoms with Gasteiger partial charge in [-0.25, -0.2) is 0 Å². The minimum atomic E-state index is -0.0762. The summed E-state index contributed by atoms with van der Waals surface area (Å²) in [5.74, 6) is 0.509. The Morgan fingerprint density at radius 1 is 1.32 bits per heavy atom. The van der Waals surface area contributed by atoms with Gasteiger partial charge in [-0.1, -0.05) is 5.16 Å². The lowest BCUT2D eigenvalue weighted by atomic mass is 10.2. The number of hydrogen-bond acceptors (Lipinski definition) is 8. The van der Waals surface area contributed by atoms with Gasteiger partial charge in [0, 0.05) is 19.5 Å². The van der Waals surface area contributed by atoms with Gasteiger partial charge in [-0.2, -0.15) is 9.97 Å². The van der Waals surface area contributed by atoms with Crippen LogP contribution >= 0.6 is 0 Å². The Balaban J connectivity index is 2.94. The fourth-order valence-electron chi connectivity index (χ4n) is 1.35. The molecule has 1 aromatic heterocycles. The third kappa shape index (κ3) is 3.83. The molecule has 9 heteroatoms. The molecule has 1 heterocycles. The van der Waals surface area contributed by atoms with E-state index in [0.29, 0.717) is 12.4 Å². The van der Waals surface area contributed by atoms with Crippen molar-refractivity contribution in [1.29, 1.82) is 0 Å². The van der Waals surface area contributed by atoms with E-state index in [1.54, 1.807) is 11.9 Å². The van der Waals surface area contributed by atoms with Crippen molar-refractivity contribution >= 4 is 11.8 Å². The van der Waals surface area contributed by atoms with Gasteiger partial charge in [-0.15, -0.1) is 4.98 Å². The van der Waals surface area contributed by atoms with Crippen LogP contribution in [0.5, 0.6) is 12.0 Å². The second kappa shape index (κ2) is 6.57. The topological polar surface area (TPSA) is 119 Å². The SMILES string of the molecule is COc1nc(OC)nc(N(C)C(C)CC(N)=NO)n1. The van der Waals surface area contributed by atoms with Gasteiger partial charge >= 0.3 is 12.0 Å². The Bertz CT molecular complexity index is 431. The Morgan fingerprint density at radius 2 is 1.84 bits per heavy atom. The molecule has 0 saturated heterocycles. The predicted octanol–water partition coefficient (Wildman–Crippen LogP) is -0.150. The van der Waals surface area contributed by atoms with Crippen molar-refractivity contribution in [3.05, 3.63) is 0 Å². The minimum Gasteiger partial charge on any atom is -0.467 e. The summed E-state index contributed by atoms with van der Waals surface area (Å²) >= 11 is 0. The highest BCUT2D eigenvalue weighted by Gasteiger charge is 2.17. The van der Waals surface area contributed by atoms with E-state index in [0.717, 1.165) is 0 Å². The first kappa shape index (κ1) is 14.7. The molecule has 0 aromatic carbocycles. The molecule has 1 unspecified atom stereocenters. The third-order valence-electron chi connectivity index (χ3n) is 2.56. The second-order valence-corrected chi connectivity index (χ2v) is 3.86. The van der Waals surface area contributed by atoms with Crippen LogP contribution in [0.4, 0.5) is 5.95 Å². The number of aromatic nitrogens is 3. The van der Waals surface area contributed by atoms with Crippen LogP contribution in [0.15, 0.2) is 5.16 Å². The Morgan fingerprint density at radius 3 is 2.26 bits per heavy atom. The first-order chi connectivity index (χ1) is 9.01. The van der Waals surface area contributed by atoms with Gasteiger partial charge < -0.3 is 25.3 Å². The van der Waals surface area contributed by atoms with Crippen LogP contribution in [0.25, 0.3) is 0 Å². The number of nitrogens with zero attached hydrogens (tertiary/aromatic N) is 5. The lowest BCUT2D eigenvalue weighted by Gasteiger charge is -2.24. The molecule has 1 rings (SSSR count). The lowest BCUT2D eigenvalue weighted by molar-refractivity contribution is 0.316. The molecule has 1 atom stereocenters. The quantitative estimate of drug-likeness (QED) is 0.317. The van der Waals surface area contributed by atoms with Crippen LogP contribution in [0.3, 0.4) is 0 Å². The first-order valence-electron chi connectivity index (χ1n) is 5.55. The summed E-state index contributed by atoms with van der Waals surface area (Å²) in [6.45, 7) is 1.89. The maximum atomic E-state index is 8.56. The molecule has 0 radical (unpaired) electrons. The summed E-state index contributed by atoms with van der Waals surface area (Å²) in [6, 6.07) is 0.238. The van der Waals surface area contributed by atoms with E-state index < -0.39 is 0 Å². The second-order valence-electron chi connectivity index (χ2n) is 3.86. The highest BCUT2D eigenvalue weighted by Crippen LogP contribution is 2.17. The number of amidine groups is 1. The molecule has 0 aliphatic carbocycles. The maximum absolute atomic E-state index is 8.56. The number of anilines is 1. The molecule has 0 amide bonds. The fraction of sp³-hybridized carbons (Fsp3) is 0.600. The Kier molecular flexibility index (Phi) is 5.10. The molecule has 19 heavy (non-hydrogen) atoms. The molecule has 9 nitrogen and oxygen atoms in total. The molecule has 0 saturated carbocycles. The van der Waals surface area contributed by atoms with Crippen LogP contribution in [-0.2, 0) is 0 Å². The summed E-state index contributed by atoms with van der Waals surface area (Å²) in [6.07, 6.45) is 0.364. The van der Waals surface area contributed by atoms with Gasteiger partial charge in [0.1, 0.15) is 5.84 Å². The normalized spacial score (nSPS) is 12.9. The van der Waals surface area contributed by atoms with E-state index in [4.69, 9.17) is 20.4 Å². The average molecular weight is 270 g/mol. The van der Waals surface area contributed by atoms with Crippen molar-refractivity contribution in [3.8, 4) is 12.0 Å². The largest absolute Gasteiger partial charge is 0.467 e. The Labute approximate surface area is 111 Å². The number of ether oxygens (including phenoxy) is 2. The molecule has 0 spiro atoms. The lowest BCUT2D eigenvalue weighted by Crippen LogP contribution is -2.34. The zero-order valence-electron chi connectivity index (χ0n) is 11.4. The van der Waals surface area contributed by atoms with Crippen LogP contribution < -0.4 is 20.1 Å². The van der Waals surface area contributed by atoms with Crippen LogP contribution in [0, 0.1) is 0 Å². The molecule has 1 aromatic rings. The van der Waals surface area contributed by atoms with Gasteiger partial charge in [0.2, 0.25) is 5.95 Å². The van der Waals surface area contributed by atoms with Crippen molar-refractivity contribution < 1.29 is 14.7 Å². The van der Waals surface area contributed by atoms with Gasteiger partial charge in [0.05, 0.1) is 14.2 Å². The predicted molar refractivity (Wildman–Crippen MR) is 68.8 cm³/mol. The molecule has 0 fully saturated rings. The number of hydrogen-bond donors (Lipinski definition) is 2. The number of oxime groups is 1. The van der Waals surface area contributed by atoms with Crippen molar-refractivity contribution in [1.82, 2.24) is 15.0 Å². The zero-order valence-corrected chi connectivity index (χ0v) is 11.4. The molecule has 0 aliphatic rings. The maximum Gasteiger partial charge on any atom is 0.324 e. The summed E-state index contributed by atoms with van der Waals surface area (Å²) in [4.78, 5) is 13.9. The third-order valence-corrected chi connectivity index (χ3v) is 2.56. The van der Waals surface area contributed by atoms with Crippen molar-refractivity contribution in [3.63, 3.8) is 0 Å². The van der Waals surface area contributed by atoms with Crippen molar-refractivity contribution in [2.45, 2.75) is 19.4 Å². The van der Waals surface area contributed by atoms with E-state index in [1.165, 1.54) is 14.2 Å². The average Bonchev–Trinajstić information content (AvgIpc) is 2.45. The molecule has 0 aliphatic heterocycles. The van der Waals surface area contributed by atoms with E-state index >= 15 is 0 Å². The van der Waals surface area contributed by atoms with Gasteiger partial charge in [-0.05, 0) is 6.92 Å². The highest BCUT2D eigenvalue weighted by molar-refractivity contribution is 5.80. The summed E-state index contributed by atoms with van der Waals surface area (Å²) in [7, 11) is 4.69. The zero-order chi connectivity index (χ0) is 14.4. The van der Waals surface area contributed by atoms with E-state index in [-0.39, 0.29) is 23.9 Å². The van der Waals surface area contributed by atoms with Gasteiger partial charge in [0.25, 0.3) is 0 Å². The molecular weight excluding hydrogens is 252 g/mol.